The highest BCUT2D eigenvalue weighted by Crippen LogP contribution is 2.34. The predicted molar refractivity (Wildman–Crippen MR) is 120 cm³/mol. The normalized spacial score (nSPS) is 16.3. The Kier molecular flexibility index (Phi) is 6.77. The molecule has 0 saturated carbocycles. The number of hydrogen-bond donors (Lipinski definition) is 2. The van der Waals surface area contributed by atoms with Gasteiger partial charge in [0.25, 0.3) is 0 Å². The summed E-state index contributed by atoms with van der Waals surface area (Å²) in [6.45, 7) is 3.27. The van der Waals surface area contributed by atoms with Crippen LogP contribution >= 0.6 is 0 Å². The van der Waals surface area contributed by atoms with Crippen LogP contribution in [0, 0.1) is 0 Å². The number of fused-ring (bicyclic) bond motifs is 1. The van der Waals surface area contributed by atoms with Crippen LogP contribution in [0.1, 0.15) is 11.6 Å². The summed E-state index contributed by atoms with van der Waals surface area (Å²) in [7, 11) is 3.99. The number of amides is 2. The molecule has 0 aliphatic carbocycles. The van der Waals surface area contributed by atoms with Crippen LogP contribution < -0.4 is 25.0 Å². The number of morpholine rings is 1. The number of hydrogen-bond acceptors (Lipinski definition) is 7. The maximum Gasteiger partial charge on any atom is 0.313 e. The van der Waals surface area contributed by atoms with Gasteiger partial charge < -0.3 is 29.7 Å². The second kappa shape index (κ2) is 9.88. The van der Waals surface area contributed by atoms with Crippen LogP contribution in [-0.4, -0.2) is 70.5 Å². The van der Waals surface area contributed by atoms with Crippen molar-refractivity contribution in [2.24, 2.45) is 0 Å². The van der Waals surface area contributed by atoms with Crippen LogP contribution in [-0.2, 0) is 14.3 Å². The standard InChI is InChI=1S/C23H28N4O5/c1-26(2)18-6-3-16(4-7-18)19(27-9-11-30-12-10-27)14-24-22(28)23(29)25-17-5-8-20-21(13-17)32-15-31-20/h3-8,13,19H,9-12,14-15H2,1-2H3,(H,24,28)(H,25,29). The smallest absolute Gasteiger partial charge is 0.313 e. The summed E-state index contributed by atoms with van der Waals surface area (Å²) < 4.78 is 16.0. The number of anilines is 2. The average molecular weight is 441 g/mol. The Morgan fingerprint density at radius 1 is 1.00 bits per heavy atom. The zero-order chi connectivity index (χ0) is 22.5. The highest BCUT2D eigenvalue weighted by atomic mass is 16.7. The highest BCUT2D eigenvalue weighted by Gasteiger charge is 2.25. The molecule has 1 atom stereocenters. The van der Waals surface area contributed by atoms with E-state index in [1.807, 2.05) is 19.0 Å². The van der Waals surface area contributed by atoms with Gasteiger partial charge in [-0.1, -0.05) is 12.1 Å². The maximum atomic E-state index is 12.5. The van der Waals surface area contributed by atoms with Crippen molar-refractivity contribution in [3.05, 3.63) is 48.0 Å². The fraction of sp³-hybridized carbons (Fsp3) is 0.391. The van der Waals surface area contributed by atoms with Gasteiger partial charge in [-0.05, 0) is 29.8 Å². The van der Waals surface area contributed by atoms with Crippen molar-refractivity contribution in [1.82, 2.24) is 10.2 Å². The Labute approximate surface area is 187 Å². The first-order valence-corrected chi connectivity index (χ1v) is 10.6. The summed E-state index contributed by atoms with van der Waals surface area (Å²) in [5.41, 5.74) is 2.65. The number of benzene rings is 2. The maximum absolute atomic E-state index is 12.5. The van der Waals surface area contributed by atoms with E-state index in [1.165, 1.54) is 0 Å². The van der Waals surface area contributed by atoms with Gasteiger partial charge in [0.1, 0.15) is 0 Å². The van der Waals surface area contributed by atoms with Crippen molar-refractivity contribution in [3.63, 3.8) is 0 Å². The molecule has 0 spiro atoms. The minimum Gasteiger partial charge on any atom is -0.454 e. The number of carbonyl (C=O) groups is 2. The Morgan fingerprint density at radius 3 is 2.44 bits per heavy atom. The molecule has 170 valence electrons. The van der Waals surface area contributed by atoms with E-state index in [0.717, 1.165) is 24.3 Å². The number of carbonyl (C=O) groups excluding carboxylic acids is 2. The minimum absolute atomic E-state index is 0.0580. The fourth-order valence-electron chi connectivity index (χ4n) is 3.77. The molecule has 2 aromatic rings. The van der Waals surface area contributed by atoms with E-state index in [1.54, 1.807) is 18.2 Å². The molecule has 2 amide bonds. The number of rotatable bonds is 6. The fourth-order valence-corrected chi connectivity index (χ4v) is 3.77. The van der Waals surface area contributed by atoms with Crippen LogP contribution in [0.2, 0.25) is 0 Å². The van der Waals surface area contributed by atoms with Crippen LogP contribution in [0.3, 0.4) is 0 Å². The predicted octanol–water partition coefficient (Wildman–Crippen LogP) is 1.61. The van der Waals surface area contributed by atoms with E-state index in [0.29, 0.717) is 36.9 Å². The van der Waals surface area contributed by atoms with E-state index < -0.39 is 11.8 Å². The summed E-state index contributed by atoms with van der Waals surface area (Å²) in [4.78, 5) is 29.2. The topological polar surface area (TPSA) is 92.4 Å². The number of nitrogens with zero attached hydrogens (tertiary/aromatic N) is 2. The lowest BCUT2D eigenvalue weighted by Crippen LogP contribution is -2.45. The van der Waals surface area contributed by atoms with Crippen molar-refractivity contribution in [1.29, 1.82) is 0 Å². The molecule has 2 aliphatic heterocycles. The number of nitrogens with one attached hydrogen (secondary N) is 2. The average Bonchev–Trinajstić information content (AvgIpc) is 3.28. The molecular weight excluding hydrogens is 412 g/mol. The zero-order valence-electron chi connectivity index (χ0n) is 18.3. The van der Waals surface area contributed by atoms with Gasteiger partial charge in [-0.3, -0.25) is 14.5 Å². The van der Waals surface area contributed by atoms with Crippen LogP contribution in [0.15, 0.2) is 42.5 Å². The Bertz CT molecular complexity index is 957. The van der Waals surface area contributed by atoms with Crippen molar-refractivity contribution >= 4 is 23.2 Å². The SMILES string of the molecule is CN(C)c1ccc(C(CNC(=O)C(=O)Nc2ccc3c(c2)OCO3)N2CCOCC2)cc1. The highest BCUT2D eigenvalue weighted by molar-refractivity contribution is 6.39. The third kappa shape index (κ3) is 5.12. The van der Waals surface area contributed by atoms with Crippen molar-refractivity contribution in [3.8, 4) is 11.5 Å². The molecule has 2 aliphatic rings. The van der Waals surface area contributed by atoms with Crippen LogP contribution in [0.4, 0.5) is 11.4 Å². The lowest BCUT2D eigenvalue weighted by atomic mass is 10.0. The molecule has 32 heavy (non-hydrogen) atoms. The van der Waals surface area contributed by atoms with Crippen molar-refractivity contribution in [2.45, 2.75) is 6.04 Å². The molecule has 1 fully saturated rings. The third-order valence-electron chi connectivity index (χ3n) is 5.57. The molecule has 9 heteroatoms. The van der Waals surface area contributed by atoms with E-state index in [4.69, 9.17) is 14.2 Å². The second-order valence-electron chi connectivity index (χ2n) is 7.88. The molecular formula is C23H28N4O5. The van der Waals surface area contributed by atoms with Gasteiger partial charge in [0.2, 0.25) is 6.79 Å². The number of ether oxygens (including phenoxy) is 3. The summed E-state index contributed by atoms with van der Waals surface area (Å²) in [5.74, 6) is -0.267. The van der Waals surface area contributed by atoms with Gasteiger partial charge in [0.05, 0.1) is 19.3 Å². The molecule has 0 radical (unpaired) electrons. The summed E-state index contributed by atoms with van der Waals surface area (Å²) in [5, 5.41) is 5.40. The summed E-state index contributed by atoms with van der Waals surface area (Å²) >= 11 is 0. The van der Waals surface area contributed by atoms with E-state index in [2.05, 4.69) is 39.8 Å². The molecule has 0 bridgehead atoms. The Morgan fingerprint density at radius 2 is 1.72 bits per heavy atom. The first-order chi connectivity index (χ1) is 15.5. The summed E-state index contributed by atoms with van der Waals surface area (Å²) in [6.07, 6.45) is 0. The van der Waals surface area contributed by atoms with Gasteiger partial charge in [0, 0.05) is 51.2 Å². The largest absolute Gasteiger partial charge is 0.454 e. The molecule has 0 aromatic heterocycles. The lowest BCUT2D eigenvalue weighted by molar-refractivity contribution is -0.136. The molecule has 2 aromatic carbocycles. The van der Waals surface area contributed by atoms with Crippen LogP contribution in [0.25, 0.3) is 0 Å². The second-order valence-corrected chi connectivity index (χ2v) is 7.88. The minimum atomic E-state index is -0.729. The van der Waals surface area contributed by atoms with Gasteiger partial charge in [-0.25, -0.2) is 0 Å². The van der Waals surface area contributed by atoms with E-state index in [9.17, 15) is 9.59 Å². The van der Waals surface area contributed by atoms with Crippen LogP contribution in [0.5, 0.6) is 11.5 Å². The zero-order valence-corrected chi connectivity index (χ0v) is 18.3. The van der Waals surface area contributed by atoms with Crippen molar-refractivity contribution in [2.75, 3.05) is 64.0 Å². The van der Waals surface area contributed by atoms with E-state index in [-0.39, 0.29) is 12.8 Å². The summed E-state index contributed by atoms with van der Waals surface area (Å²) in [6, 6.07) is 13.2. The quantitative estimate of drug-likeness (QED) is 0.660. The first-order valence-electron chi connectivity index (χ1n) is 10.6. The molecule has 2 N–H and O–H groups in total. The Balaban J connectivity index is 1.40. The van der Waals surface area contributed by atoms with Gasteiger partial charge in [-0.15, -0.1) is 0 Å². The third-order valence-corrected chi connectivity index (χ3v) is 5.57. The Hall–Kier alpha value is -3.30. The van der Waals surface area contributed by atoms with Gasteiger partial charge in [0.15, 0.2) is 11.5 Å². The monoisotopic (exact) mass is 440 g/mol. The first kappa shape index (κ1) is 21.9. The molecule has 9 nitrogen and oxygen atoms in total. The molecule has 2 heterocycles. The molecule has 1 saturated heterocycles. The molecule has 4 rings (SSSR count). The van der Waals surface area contributed by atoms with Gasteiger partial charge >= 0.3 is 11.8 Å². The lowest BCUT2D eigenvalue weighted by Gasteiger charge is -2.35. The van der Waals surface area contributed by atoms with E-state index >= 15 is 0 Å². The van der Waals surface area contributed by atoms with Crippen molar-refractivity contribution < 1.29 is 23.8 Å². The molecule has 1 unspecified atom stereocenters. The van der Waals surface area contributed by atoms with Gasteiger partial charge in [-0.2, -0.15) is 0 Å².